The Morgan fingerprint density at radius 1 is 1.19 bits per heavy atom. The Bertz CT molecular complexity index is 817. The highest BCUT2D eigenvalue weighted by molar-refractivity contribution is 7.91. The van der Waals surface area contributed by atoms with Crippen molar-refractivity contribution < 1.29 is 12.8 Å². The quantitative estimate of drug-likeness (QED) is 0.733. The molecule has 1 unspecified atom stereocenters. The fraction of sp³-hybridized carbons (Fsp3) is 0.200. The number of hydrogen-bond donors (Lipinski definition) is 0. The van der Waals surface area contributed by atoms with Crippen molar-refractivity contribution in [2.24, 2.45) is 0 Å². The lowest BCUT2D eigenvalue weighted by atomic mass is 10.2. The number of sulfonamides is 1. The van der Waals surface area contributed by atoms with Crippen LogP contribution in [0.15, 0.2) is 56.5 Å². The number of fused-ring (bicyclic) bond motifs is 1. The Hall–Kier alpha value is -1.63. The molecule has 4 nitrogen and oxygen atoms in total. The molecule has 0 aliphatic heterocycles. The van der Waals surface area contributed by atoms with E-state index >= 15 is 0 Å². The van der Waals surface area contributed by atoms with E-state index in [-0.39, 0.29) is 6.04 Å². The summed E-state index contributed by atoms with van der Waals surface area (Å²) in [6.07, 6.45) is 0. The first-order valence-electron chi connectivity index (χ1n) is 6.50. The molecule has 0 amide bonds. The second-order valence-corrected chi connectivity index (χ2v) is 7.99. The monoisotopic (exact) mass is 321 g/mol. The predicted octanol–water partition coefficient (Wildman–Crippen LogP) is 3.88. The summed E-state index contributed by atoms with van der Waals surface area (Å²) < 4.78 is 32.5. The zero-order valence-corrected chi connectivity index (χ0v) is 13.3. The smallest absolute Gasteiger partial charge is 0.252 e. The molecule has 1 atom stereocenters. The lowest BCUT2D eigenvalue weighted by Crippen LogP contribution is -2.29. The minimum Gasteiger partial charge on any atom is -0.459 e. The summed E-state index contributed by atoms with van der Waals surface area (Å²) in [5.41, 5.74) is 0.765. The number of rotatable bonds is 4. The van der Waals surface area contributed by atoms with Crippen LogP contribution in [-0.4, -0.2) is 19.8 Å². The summed E-state index contributed by atoms with van der Waals surface area (Å²) in [7, 11) is -1.91. The van der Waals surface area contributed by atoms with Crippen LogP contribution in [0.4, 0.5) is 0 Å². The number of nitrogens with zero attached hydrogens (tertiary/aromatic N) is 1. The van der Waals surface area contributed by atoms with Gasteiger partial charge in [-0.2, -0.15) is 4.31 Å². The van der Waals surface area contributed by atoms with E-state index in [9.17, 15) is 8.42 Å². The third kappa shape index (κ3) is 2.50. The first kappa shape index (κ1) is 14.3. The van der Waals surface area contributed by atoms with Crippen molar-refractivity contribution in [3.05, 3.63) is 53.6 Å². The second-order valence-electron chi connectivity index (χ2n) is 4.82. The molecular formula is C15H15NO3S2. The lowest BCUT2D eigenvalue weighted by Gasteiger charge is -2.21. The van der Waals surface area contributed by atoms with E-state index in [1.165, 1.54) is 15.6 Å². The van der Waals surface area contributed by atoms with Gasteiger partial charge in [-0.3, -0.25) is 0 Å². The Morgan fingerprint density at radius 3 is 2.62 bits per heavy atom. The molecule has 2 aromatic heterocycles. The number of para-hydroxylation sites is 1. The van der Waals surface area contributed by atoms with Gasteiger partial charge >= 0.3 is 0 Å². The molecule has 1 aromatic carbocycles. The van der Waals surface area contributed by atoms with Gasteiger partial charge < -0.3 is 4.42 Å². The highest BCUT2D eigenvalue weighted by Crippen LogP contribution is 2.31. The van der Waals surface area contributed by atoms with Crippen LogP contribution in [0.1, 0.15) is 18.7 Å². The Labute approximate surface area is 127 Å². The van der Waals surface area contributed by atoms with Gasteiger partial charge in [0.25, 0.3) is 10.0 Å². The van der Waals surface area contributed by atoms with Crippen molar-refractivity contribution in [1.82, 2.24) is 4.31 Å². The normalized spacial score (nSPS) is 13.9. The molecule has 2 heterocycles. The molecule has 21 heavy (non-hydrogen) atoms. The highest BCUT2D eigenvalue weighted by atomic mass is 32.2. The zero-order chi connectivity index (χ0) is 15.0. The van der Waals surface area contributed by atoms with Crippen molar-refractivity contribution in [2.75, 3.05) is 7.05 Å². The minimum atomic E-state index is -3.49. The maximum atomic E-state index is 12.5. The molecular weight excluding hydrogens is 306 g/mol. The molecule has 0 spiro atoms. The summed E-state index contributed by atoms with van der Waals surface area (Å²) >= 11 is 1.22. The van der Waals surface area contributed by atoms with Gasteiger partial charge in [0, 0.05) is 12.4 Å². The molecule has 0 aliphatic carbocycles. The van der Waals surface area contributed by atoms with Gasteiger partial charge in [-0.15, -0.1) is 11.3 Å². The molecule has 0 bridgehead atoms. The number of furan rings is 1. The fourth-order valence-electron chi connectivity index (χ4n) is 2.15. The van der Waals surface area contributed by atoms with Gasteiger partial charge in [0.05, 0.1) is 6.04 Å². The van der Waals surface area contributed by atoms with E-state index in [2.05, 4.69) is 0 Å². The molecule has 0 fully saturated rings. The summed E-state index contributed by atoms with van der Waals surface area (Å²) in [5.74, 6) is 0.638. The van der Waals surface area contributed by atoms with Gasteiger partial charge in [0.1, 0.15) is 15.6 Å². The largest absolute Gasteiger partial charge is 0.459 e. The van der Waals surface area contributed by atoms with Crippen LogP contribution in [-0.2, 0) is 10.0 Å². The molecule has 0 aliphatic rings. The van der Waals surface area contributed by atoms with Crippen LogP contribution < -0.4 is 0 Å². The molecule has 0 N–H and O–H groups in total. The van der Waals surface area contributed by atoms with E-state index in [4.69, 9.17) is 4.42 Å². The average Bonchev–Trinajstić information content (AvgIpc) is 3.14. The van der Waals surface area contributed by atoms with Gasteiger partial charge in [0.15, 0.2) is 0 Å². The summed E-state index contributed by atoms with van der Waals surface area (Å²) in [4.78, 5) is 0. The molecule has 110 valence electrons. The number of thiophene rings is 1. The standard InChI is InChI=1S/C15H15NO3S2/c1-11(14-10-12-6-3-4-7-13(12)19-14)16(2)21(17,18)15-8-5-9-20-15/h3-11H,1-2H3. The van der Waals surface area contributed by atoms with Crippen LogP contribution >= 0.6 is 11.3 Å². The number of benzene rings is 1. The van der Waals surface area contributed by atoms with Crippen molar-refractivity contribution in [3.8, 4) is 0 Å². The third-order valence-corrected chi connectivity index (χ3v) is 6.83. The minimum absolute atomic E-state index is 0.341. The molecule has 0 saturated heterocycles. The van der Waals surface area contributed by atoms with E-state index in [1.807, 2.05) is 37.3 Å². The van der Waals surface area contributed by atoms with Crippen LogP contribution in [0.25, 0.3) is 11.0 Å². The fourth-order valence-corrected chi connectivity index (χ4v) is 4.66. The van der Waals surface area contributed by atoms with Crippen molar-refractivity contribution in [3.63, 3.8) is 0 Å². The SMILES string of the molecule is CC(c1cc2ccccc2o1)N(C)S(=O)(=O)c1cccs1. The third-order valence-electron chi connectivity index (χ3n) is 3.53. The molecule has 3 rings (SSSR count). The molecule has 3 aromatic rings. The van der Waals surface area contributed by atoms with E-state index in [1.54, 1.807) is 24.6 Å². The van der Waals surface area contributed by atoms with Gasteiger partial charge in [-0.25, -0.2) is 8.42 Å². The van der Waals surface area contributed by atoms with Crippen LogP contribution in [0.5, 0.6) is 0 Å². The molecule has 0 radical (unpaired) electrons. The van der Waals surface area contributed by atoms with Crippen molar-refractivity contribution >= 4 is 32.3 Å². The summed E-state index contributed by atoms with van der Waals surface area (Å²) in [5, 5.41) is 2.73. The van der Waals surface area contributed by atoms with Crippen LogP contribution in [0.3, 0.4) is 0 Å². The Balaban J connectivity index is 1.96. The zero-order valence-electron chi connectivity index (χ0n) is 11.7. The molecule has 6 heteroatoms. The molecule has 0 saturated carbocycles. The summed E-state index contributed by atoms with van der Waals surface area (Å²) in [6.45, 7) is 1.82. The maximum absolute atomic E-state index is 12.5. The van der Waals surface area contributed by atoms with Gasteiger partial charge in [0.2, 0.25) is 0 Å². The summed E-state index contributed by atoms with van der Waals surface area (Å²) in [6, 6.07) is 12.5. The first-order valence-corrected chi connectivity index (χ1v) is 8.82. The van der Waals surface area contributed by atoms with Crippen molar-refractivity contribution in [2.45, 2.75) is 17.2 Å². The number of hydrogen-bond acceptors (Lipinski definition) is 4. The Morgan fingerprint density at radius 2 is 1.95 bits per heavy atom. The predicted molar refractivity (Wildman–Crippen MR) is 83.9 cm³/mol. The van der Waals surface area contributed by atoms with Gasteiger partial charge in [-0.1, -0.05) is 24.3 Å². The maximum Gasteiger partial charge on any atom is 0.252 e. The highest BCUT2D eigenvalue weighted by Gasteiger charge is 2.28. The van der Waals surface area contributed by atoms with Crippen LogP contribution in [0.2, 0.25) is 0 Å². The van der Waals surface area contributed by atoms with Crippen LogP contribution in [0, 0.1) is 0 Å². The van der Waals surface area contributed by atoms with Gasteiger partial charge in [-0.05, 0) is 30.5 Å². The van der Waals surface area contributed by atoms with E-state index < -0.39 is 10.0 Å². The van der Waals surface area contributed by atoms with Crippen molar-refractivity contribution in [1.29, 1.82) is 0 Å². The van der Waals surface area contributed by atoms with E-state index in [0.29, 0.717) is 9.97 Å². The Kier molecular flexibility index (Phi) is 3.61. The lowest BCUT2D eigenvalue weighted by molar-refractivity contribution is 0.349. The average molecular weight is 321 g/mol. The second kappa shape index (κ2) is 5.29. The topological polar surface area (TPSA) is 50.5 Å². The first-order chi connectivity index (χ1) is 10.00. The van der Waals surface area contributed by atoms with E-state index in [0.717, 1.165) is 11.0 Å².